The first-order valence-electron chi connectivity index (χ1n) is 30.9. The van der Waals surface area contributed by atoms with E-state index in [1.54, 1.807) is 36.0 Å². The Morgan fingerprint density at radius 2 is 1.07 bits per heavy atom. The summed E-state index contributed by atoms with van der Waals surface area (Å²) in [7, 11) is -1.80. The molecule has 0 spiro atoms. The zero-order valence-electron chi connectivity index (χ0n) is 52.6. The number of para-hydroxylation sites is 5. The van der Waals surface area contributed by atoms with Gasteiger partial charge in [-0.05, 0) is 215 Å². The van der Waals surface area contributed by atoms with Crippen molar-refractivity contribution in [3.05, 3.63) is 268 Å². The molecule has 3 unspecified atom stereocenters. The molecule has 0 bridgehead atoms. The monoisotopic (exact) mass is 1270 g/mol. The maximum absolute atomic E-state index is 13.4. The van der Waals surface area contributed by atoms with Crippen LogP contribution in [0.1, 0.15) is 114 Å². The summed E-state index contributed by atoms with van der Waals surface area (Å²) in [5.74, 6) is -0.203. The molecule has 11 nitrogen and oxygen atoms in total. The van der Waals surface area contributed by atoms with Crippen molar-refractivity contribution in [3.63, 3.8) is 0 Å². The van der Waals surface area contributed by atoms with Gasteiger partial charge in [-0.3, -0.25) is 18.7 Å². The third-order valence-electron chi connectivity index (χ3n) is 15.9. The average Bonchev–Trinajstić information content (AvgIpc) is 1.62. The number of fused-ring (bicyclic) bond motifs is 4. The van der Waals surface area contributed by atoms with Crippen molar-refractivity contribution < 1.29 is 22.8 Å². The van der Waals surface area contributed by atoms with Crippen molar-refractivity contribution in [1.82, 2.24) is 0 Å². The Kier molecular flexibility index (Phi) is 22.4. The number of benzene rings is 9. The molecule has 90 heavy (non-hydrogen) atoms. The summed E-state index contributed by atoms with van der Waals surface area (Å²) in [6.45, 7) is 16.9. The summed E-state index contributed by atoms with van der Waals surface area (Å²) in [5.41, 5.74) is 13.4. The van der Waals surface area contributed by atoms with Crippen LogP contribution in [0.5, 0.6) is 0 Å². The largest absolute Gasteiger partial charge is 0.322 e. The lowest BCUT2D eigenvalue weighted by molar-refractivity contribution is 0.0975. The second-order valence-corrected chi connectivity index (χ2v) is 26.5. The van der Waals surface area contributed by atoms with Crippen molar-refractivity contribution in [2.45, 2.75) is 120 Å². The van der Waals surface area contributed by atoms with Gasteiger partial charge < -0.3 is 23.7 Å². The van der Waals surface area contributed by atoms with Crippen LogP contribution in [0.15, 0.2) is 233 Å². The van der Waals surface area contributed by atoms with Crippen LogP contribution in [-0.2, 0) is 35.7 Å². The minimum absolute atomic E-state index is 0.0466. The van der Waals surface area contributed by atoms with Crippen LogP contribution in [0, 0.1) is 6.92 Å². The van der Waals surface area contributed by atoms with Crippen molar-refractivity contribution >= 4 is 97.4 Å². The highest BCUT2D eigenvalue weighted by molar-refractivity contribution is 8.01. The second kappa shape index (κ2) is 30.5. The third-order valence-corrected chi connectivity index (χ3v) is 20.2. The molecule has 3 amide bonds. The number of hydrogen-bond acceptors (Lipinski definition) is 9. The number of nitrogens with zero attached hydrogens (tertiary/aromatic N) is 5. The van der Waals surface area contributed by atoms with Gasteiger partial charge in [-0.15, -0.1) is 0 Å². The lowest BCUT2D eigenvalue weighted by Crippen LogP contribution is -2.35. The summed E-state index contributed by atoms with van der Waals surface area (Å²) in [6, 6.07) is 70.2. The van der Waals surface area contributed by atoms with Gasteiger partial charge in [-0.25, -0.2) is 8.42 Å². The molecule has 0 saturated heterocycles. The van der Waals surface area contributed by atoms with Gasteiger partial charge in [0, 0.05) is 86.0 Å². The first-order valence-corrected chi connectivity index (χ1v) is 34.3. The van der Waals surface area contributed by atoms with E-state index in [0.29, 0.717) is 40.0 Å². The minimum Gasteiger partial charge on any atom is -0.322 e. The van der Waals surface area contributed by atoms with Crippen molar-refractivity contribution in [2.24, 2.45) is 0 Å². The molecule has 9 aromatic carbocycles. The fraction of sp³-hybridized carbons (Fsp3) is 0.240. The Bertz CT molecular complexity index is 4110. The Hall–Kier alpha value is -8.27. The Morgan fingerprint density at radius 1 is 0.533 bits per heavy atom. The number of carbonyl (C=O) groups excluding carboxylic acids is 3. The van der Waals surface area contributed by atoms with Crippen LogP contribution >= 0.6 is 35.5 Å². The number of nitrogens with one attached hydrogen (secondary N) is 1. The summed E-state index contributed by atoms with van der Waals surface area (Å²) in [4.78, 5) is 45.4. The minimum atomic E-state index is -3.79. The van der Waals surface area contributed by atoms with Crippen LogP contribution in [0.25, 0.3) is 0 Å². The van der Waals surface area contributed by atoms with Gasteiger partial charge in [-0.2, -0.15) is 0 Å². The number of sulfonamides is 1. The standard InChI is InChI=1S/C25H24N2OS.C23H21ClN2OS.C23H22N2O3S.2C2H6/c1-18-16-20-9-3-5-14-24(20)27(18)29-22-12-6-10-21(17-22)25(28)26-15-7-11-19-8-2-4-13-23(19)26;1-16-13-17-7-3-4-12-22(17)26(16)23(27)18-8-5-11-21(14-18)28-25(2)20-10-6-9-19(24)15-20;1-16-8-3-5-12-21(16)24-23(26)19-10-7-11-20(15-19)29(27,28)25-17(2)14-18-9-4-6-13-22(18)25;2*1-2/h2-6,8-10,12-14,17-18H,7,11,15-16H2,1H3;3-12,14-16H,13H2,1-2H3;3-13,15,17H,14H2,1-2H3,(H,24,26);2*1-2H3. The normalized spacial score (nSPS) is 15.7. The Morgan fingerprint density at radius 3 is 1.77 bits per heavy atom. The second-order valence-electron chi connectivity index (χ2n) is 22.0. The van der Waals surface area contributed by atoms with E-state index in [4.69, 9.17) is 11.6 Å². The van der Waals surface area contributed by atoms with Gasteiger partial charge in [0.25, 0.3) is 27.7 Å². The molecule has 4 heterocycles. The summed E-state index contributed by atoms with van der Waals surface area (Å²) < 4.78 is 32.7. The van der Waals surface area contributed by atoms with E-state index in [0.717, 1.165) is 75.8 Å². The lowest BCUT2D eigenvalue weighted by Gasteiger charge is -2.29. The number of amides is 3. The smallest absolute Gasteiger partial charge is 0.264 e. The predicted molar refractivity (Wildman–Crippen MR) is 377 cm³/mol. The van der Waals surface area contributed by atoms with Gasteiger partial charge >= 0.3 is 0 Å². The van der Waals surface area contributed by atoms with Gasteiger partial charge in [0.05, 0.1) is 16.3 Å². The number of anilines is 6. The fourth-order valence-electron chi connectivity index (χ4n) is 11.7. The Balaban J connectivity index is 0.000000156. The van der Waals surface area contributed by atoms with E-state index in [9.17, 15) is 22.8 Å². The molecule has 0 saturated carbocycles. The molecule has 0 fully saturated rings. The summed E-state index contributed by atoms with van der Waals surface area (Å²) in [6.07, 6.45) is 4.68. The van der Waals surface area contributed by atoms with Crippen LogP contribution in [0.2, 0.25) is 5.02 Å². The van der Waals surface area contributed by atoms with Gasteiger partial charge in [0.2, 0.25) is 0 Å². The molecule has 3 atom stereocenters. The zero-order chi connectivity index (χ0) is 64.1. The van der Waals surface area contributed by atoms with E-state index >= 15 is 0 Å². The molecule has 15 heteroatoms. The zero-order valence-corrected chi connectivity index (χ0v) is 55.8. The molecule has 4 aliphatic rings. The highest BCUT2D eigenvalue weighted by atomic mass is 35.5. The topological polar surface area (TPSA) is 114 Å². The molecule has 464 valence electrons. The average molecular weight is 1280 g/mol. The third kappa shape index (κ3) is 15.1. The number of aryl methyl sites for hydroxylation is 2. The molecule has 0 aromatic heterocycles. The molecule has 9 aromatic rings. The predicted octanol–water partition coefficient (Wildman–Crippen LogP) is 18.3. The number of halogens is 1. The first-order chi connectivity index (χ1) is 43.6. The summed E-state index contributed by atoms with van der Waals surface area (Å²) in [5, 5.41) is 3.56. The molecule has 13 rings (SSSR count). The SMILES string of the molecule is CC.CC.CC1Cc2ccccc2N1C(=O)c1cccc(SN(C)c2cccc(Cl)c2)c1.CC1Cc2ccccc2N1Sc1cccc(C(=O)N2CCCc3ccccc32)c1.Cc1ccccc1NC(=O)c1cccc(S(=O)(=O)N2c3ccccc3CC2C)c1. The highest BCUT2D eigenvalue weighted by Gasteiger charge is 2.37. The van der Waals surface area contributed by atoms with Gasteiger partial charge in [-0.1, -0.05) is 155 Å². The van der Waals surface area contributed by atoms with E-state index in [1.807, 2.05) is 202 Å². The molecule has 1 N–H and O–H groups in total. The molecular weight excluding hydrogens is 1200 g/mol. The van der Waals surface area contributed by atoms with Crippen molar-refractivity contribution in [1.29, 1.82) is 0 Å². The van der Waals surface area contributed by atoms with Crippen LogP contribution < -0.4 is 28.0 Å². The molecule has 4 aliphatic heterocycles. The number of carbonyl (C=O) groups is 3. The maximum atomic E-state index is 13.4. The van der Waals surface area contributed by atoms with Crippen LogP contribution in [-0.4, -0.2) is 57.9 Å². The van der Waals surface area contributed by atoms with Crippen LogP contribution in [0.4, 0.5) is 34.1 Å². The fourth-order valence-corrected chi connectivity index (χ4v) is 15.5. The Labute approximate surface area is 546 Å². The van der Waals surface area contributed by atoms with E-state index in [1.165, 1.54) is 38.8 Å². The van der Waals surface area contributed by atoms with Crippen molar-refractivity contribution in [2.75, 3.05) is 41.6 Å². The first kappa shape index (κ1) is 66.2. The lowest BCUT2D eigenvalue weighted by atomic mass is 10.0. The van der Waals surface area contributed by atoms with Gasteiger partial charge in [0.1, 0.15) is 0 Å². The number of hydrogen-bond donors (Lipinski definition) is 1. The van der Waals surface area contributed by atoms with E-state index < -0.39 is 10.0 Å². The number of rotatable bonds is 11. The van der Waals surface area contributed by atoms with E-state index in [2.05, 4.69) is 78.1 Å². The highest BCUT2D eigenvalue weighted by Crippen LogP contribution is 2.41. The van der Waals surface area contributed by atoms with Crippen molar-refractivity contribution in [3.8, 4) is 0 Å². The molecule has 0 aliphatic carbocycles. The molecule has 0 radical (unpaired) electrons. The summed E-state index contributed by atoms with van der Waals surface area (Å²) >= 11 is 9.40. The van der Waals surface area contributed by atoms with Crippen LogP contribution in [0.3, 0.4) is 0 Å². The molecular formula is C75H79ClN6O5S3. The van der Waals surface area contributed by atoms with Gasteiger partial charge in [0.15, 0.2) is 0 Å². The maximum Gasteiger partial charge on any atom is 0.264 e. The quantitative estimate of drug-likeness (QED) is 0.126. The van der Waals surface area contributed by atoms with E-state index in [-0.39, 0.29) is 34.7 Å².